The number of carbonyl (C=O) groups is 1. The van der Waals surface area contributed by atoms with Crippen LogP contribution in [0, 0.1) is 0 Å². The molecular weight excluding hydrogens is 118 g/mol. The first-order valence-corrected chi connectivity index (χ1v) is 2.33. The van der Waals surface area contributed by atoms with Crippen molar-refractivity contribution in [2.45, 2.75) is 0 Å². The first-order chi connectivity index (χ1) is 4.38. The Morgan fingerprint density at radius 1 is 1.89 bits per heavy atom. The van der Waals surface area contributed by atoms with Crippen molar-refractivity contribution < 1.29 is 4.79 Å². The van der Waals surface area contributed by atoms with E-state index >= 15 is 0 Å². The maximum Gasteiger partial charge on any atom is 0.180 e. The maximum atomic E-state index is 10.1. The summed E-state index contributed by atoms with van der Waals surface area (Å²) in [7, 11) is 0. The van der Waals surface area contributed by atoms with Gasteiger partial charge in [-0.25, -0.2) is 9.98 Å². The van der Waals surface area contributed by atoms with Gasteiger partial charge >= 0.3 is 0 Å². The molecule has 1 aromatic rings. The molecule has 1 aromatic heterocycles. The Balaban J connectivity index is 3.12. The van der Waals surface area contributed by atoms with Crippen molar-refractivity contribution in [2.75, 3.05) is 0 Å². The smallest absolute Gasteiger partial charge is 0.180 e. The highest BCUT2D eigenvalue weighted by atomic mass is 16.1. The topological polar surface area (TPSA) is 58.1 Å². The molecule has 1 rings (SSSR count). The van der Waals surface area contributed by atoms with Gasteiger partial charge in [0.2, 0.25) is 0 Å². The average molecular weight is 123 g/mol. The number of aromatic amines is 1. The second-order valence-corrected chi connectivity index (χ2v) is 1.42. The number of rotatable bonds is 2. The number of imidazole rings is 1. The summed E-state index contributed by atoms with van der Waals surface area (Å²) in [6.45, 7) is 3.22. The van der Waals surface area contributed by atoms with Gasteiger partial charge in [0.25, 0.3) is 0 Å². The lowest BCUT2D eigenvalue weighted by Crippen LogP contribution is -1.76. The van der Waals surface area contributed by atoms with Crippen molar-refractivity contribution in [1.29, 1.82) is 0 Å². The SMILES string of the molecule is C=Nc1nc[nH]c1C=O. The summed E-state index contributed by atoms with van der Waals surface area (Å²) >= 11 is 0. The first kappa shape index (κ1) is 5.68. The van der Waals surface area contributed by atoms with Crippen LogP contribution in [0.4, 0.5) is 5.82 Å². The lowest BCUT2D eigenvalue weighted by Gasteiger charge is -1.80. The molecule has 0 fully saturated rings. The highest BCUT2D eigenvalue weighted by Gasteiger charge is 1.98. The van der Waals surface area contributed by atoms with Crippen LogP contribution in [0.25, 0.3) is 0 Å². The second kappa shape index (κ2) is 2.21. The molecule has 0 unspecified atom stereocenters. The number of aromatic nitrogens is 2. The Morgan fingerprint density at radius 2 is 2.67 bits per heavy atom. The van der Waals surface area contributed by atoms with E-state index in [0.29, 0.717) is 17.8 Å². The Kier molecular flexibility index (Phi) is 1.40. The van der Waals surface area contributed by atoms with Crippen LogP contribution in [0.1, 0.15) is 10.5 Å². The standard InChI is InChI=1S/C5H5N3O/c1-6-5-4(2-9)7-3-8-5/h2-3H,1H2,(H,7,8). The minimum absolute atomic E-state index is 0.352. The number of nitrogens with one attached hydrogen (secondary N) is 1. The van der Waals surface area contributed by atoms with Gasteiger partial charge in [0.15, 0.2) is 12.1 Å². The molecule has 1 heterocycles. The van der Waals surface area contributed by atoms with Gasteiger partial charge in [-0.05, 0) is 6.72 Å². The predicted molar refractivity (Wildman–Crippen MR) is 33.2 cm³/mol. The Morgan fingerprint density at radius 3 is 3.11 bits per heavy atom. The summed E-state index contributed by atoms with van der Waals surface area (Å²) in [6, 6.07) is 0. The van der Waals surface area contributed by atoms with Crippen LogP contribution >= 0.6 is 0 Å². The van der Waals surface area contributed by atoms with Gasteiger partial charge in [0, 0.05) is 0 Å². The fraction of sp³-hybridized carbons (Fsp3) is 0. The Bertz CT molecular complexity index is 205. The molecule has 46 valence electrons. The van der Waals surface area contributed by atoms with Gasteiger partial charge in [0.05, 0.1) is 6.33 Å². The average Bonchev–Trinajstić information content (AvgIpc) is 2.33. The van der Waals surface area contributed by atoms with Gasteiger partial charge in [-0.3, -0.25) is 4.79 Å². The van der Waals surface area contributed by atoms with E-state index in [-0.39, 0.29) is 0 Å². The van der Waals surface area contributed by atoms with Crippen molar-refractivity contribution in [2.24, 2.45) is 4.99 Å². The molecule has 4 heteroatoms. The lowest BCUT2D eigenvalue weighted by atomic mass is 10.5. The molecule has 1 N–H and O–H groups in total. The quantitative estimate of drug-likeness (QED) is 0.461. The van der Waals surface area contributed by atoms with Crippen LogP contribution in [0.2, 0.25) is 0 Å². The Labute approximate surface area is 51.6 Å². The normalized spacial score (nSPS) is 8.89. The second-order valence-electron chi connectivity index (χ2n) is 1.42. The van der Waals surface area contributed by atoms with Gasteiger partial charge in [-0.15, -0.1) is 0 Å². The predicted octanol–water partition coefficient (Wildman–Crippen LogP) is 0.554. The van der Waals surface area contributed by atoms with Crippen LogP contribution < -0.4 is 0 Å². The highest BCUT2D eigenvalue weighted by molar-refractivity contribution is 5.78. The zero-order valence-electron chi connectivity index (χ0n) is 4.66. The molecule has 0 aliphatic heterocycles. The summed E-state index contributed by atoms with van der Waals surface area (Å²) in [6.07, 6.45) is 2.05. The van der Waals surface area contributed by atoms with E-state index in [0.717, 1.165) is 0 Å². The molecule has 0 spiro atoms. The van der Waals surface area contributed by atoms with E-state index in [1.807, 2.05) is 0 Å². The van der Waals surface area contributed by atoms with Gasteiger partial charge in [0.1, 0.15) is 5.69 Å². The van der Waals surface area contributed by atoms with E-state index < -0.39 is 0 Å². The third-order valence-corrected chi connectivity index (χ3v) is 0.915. The van der Waals surface area contributed by atoms with Crippen LogP contribution in [0.15, 0.2) is 11.3 Å². The van der Waals surface area contributed by atoms with E-state index in [9.17, 15) is 4.79 Å². The summed E-state index contributed by atoms with van der Waals surface area (Å²) in [4.78, 5) is 19.8. The molecule has 0 aromatic carbocycles. The summed E-state index contributed by atoms with van der Waals surface area (Å²) < 4.78 is 0. The zero-order valence-corrected chi connectivity index (χ0v) is 4.66. The third kappa shape index (κ3) is 0.861. The minimum Gasteiger partial charge on any atom is -0.341 e. The van der Waals surface area contributed by atoms with Crippen LogP contribution in [0.5, 0.6) is 0 Å². The molecule has 0 aliphatic rings. The van der Waals surface area contributed by atoms with Crippen molar-refractivity contribution in [3.8, 4) is 0 Å². The van der Waals surface area contributed by atoms with Gasteiger partial charge < -0.3 is 4.98 Å². The van der Waals surface area contributed by atoms with Crippen molar-refractivity contribution in [3.05, 3.63) is 12.0 Å². The number of hydrogen-bond donors (Lipinski definition) is 1. The summed E-state index contributed by atoms with van der Waals surface area (Å²) in [5, 5.41) is 0. The number of H-pyrrole nitrogens is 1. The lowest BCUT2D eigenvalue weighted by molar-refractivity contribution is 0.112. The minimum atomic E-state index is 0.352. The molecule has 9 heavy (non-hydrogen) atoms. The largest absolute Gasteiger partial charge is 0.341 e. The summed E-state index contributed by atoms with van der Waals surface area (Å²) in [5.74, 6) is 0.352. The molecule has 0 bridgehead atoms. The fourth-order valence-corrected chi connectivity index (χ4v) is 0.510. The highest BCUT2D eigenvalue weighted by Crippen LogP contribution is 2.08. The molecule has 4 nitrogen and oxygen atoms in total. The maximum absolute atomic E-state index is 10.1. The molecule has 0 amide bonds. The summed E-state index contributed by atoms with van der Waals surface area (Å²) in [5.41, 5.74) is 0.366. The molecule has 0 saturated carbocycles. The van der Waals surface area contributed by atoms with Gasteiger partial charge in [-0.2, -0.15) is 0 Å². The van der Waals surface area contributed by atoms with Crippen molar-refractivity contribution in [1.82, 2.24) is 9.97 Å². The third-order valence-electron chi connectivity index (χ3n) is 0.915. The van der Waals surface area contributed by atoms with Crippen molar-refractivity contribution >= 4 is 18.8 Å². The molecule has 0 atom stereocenters. The molecular formula is C5H5N3O. The number of carbonyl (C=O) groups excluding carboxylic acids is 1. The van der Waals surface area contributed by atoms with Crippen LogP contribution in [-0.4, -0.2) is 23.0 Å². The van der Waals surface area contributed by atoms with E-state index in [1.54, 1.807) is 0 Å². The van der Waals surface area contributed by atoms with Crippen LogP contribution in [0.3, 0.4) is 0 Å². The number of aliphatic imine (C=N–C) groups is 1. The van der Waals surface area contributed by atoms with E-state index in [1.165, 1.54) is 6.33 Å². The molecule has 0 saturated heterocycles. The monoisotopic (exact) mass is 123 g/mol. The molecule has 0 radical (unpaired) electrons. The van der Waals surface area contributed by atoms with Crippen molar-refractivity contribution in [3.63, 3.8) is 0 Å². The van der Waals surface area contributed by atoms with E-state index in [4.69, 9.17) is 0 Å². The molecule has 0 aliphatic carbocycles. The fourth-order valence-electron chi connectivity index (χ4n) is 0.510. The van der Waals surface area contributed by atoms with E-state index in [2.05, 4.69) is 21.7 Å². The number of aldehydes is 1. The Hall–Kier alpha value is -1.45. The zero-order chi connectivity index (χ0) is 6.69. The number of hydrogen-bond acceptors (Lipinski definition) is 3. The van der Waals surface area contributed by atoms with Gasteiger partial charge in [-0.1, -0.05) is 0 Å². The first-order valence-electron chi connectivity index (χ1n) is 2.33. The van der Waals surface area contributed by atoms with Crippen LogP contribution in [-0.2, 0) is 0 Å². The number of nitrogens with zero attached hydrogens (tertiary/aromatic N) is 2.